The Morgan fingerprint density at radius 1 is 1.21 bits per heavy atom. The van der Waals surface area contributed by atoms with Crippen molar-refractivity contribution in [1.82, 2.24) is 5.32 Å². The predicted octanol–water partition coefficient (Wildman–Crippen LogP) is 3.33. The largest absolute Gasteiger partial charge is 0.497 e. The van der Waals surface area contributed by atoms with Crippen LogP contribution in [0.15, 0.2) is 18.2 Å². The van der Waals surface area contributed by atoms with Crippen molar-refractivity contribution in [3.8, 4) is 5.75 Å². The number of benzene rings is 1. The number of rotatable bonds is 6. The normalized spacial score (nSPS) is 22.1. The second kappa shape index (κ2) is 5.96. The highest BCUT2D eigenvalue weighted by Crippen LogP contribution is 2.33. The summed E-state index contributed by atoms with van der Waals surface area (Å²) in [6, 6.07) is 7.20. The summed E-state index contributed by atoms with van der Waals surface area (Å²) in [4.78, 5) is 0. The monoisotopic (exact) mass is 259 g/mol. The van der Waals surface area contributed by atoms with E-state index in [1.165, 1.54) is 56.2 Å². The van der Waals surface area contributed by atoms with Gasteiger partial charge in [0.15, 0.2) is 0 Å². The van der Waals surface area contributed by atoms with Gasteiger partial charge in [-0.05, 0) is 67.8 Å². The van der Waals surface area contributed by atoms with Crippen molar-refractivity contribution in [2.45, 2.75) is 51.0 Å². The van der Waals surface area contributed by atoms with Crippen molar-refractivity contribution in [3.05, 3.63) is 29.3 Å². The lowest BCUT2D eigenvalue weighted by Gasteiger charge is -2.26. The summed E-state index contributed by atoms with van der Waals surface area (Å²) in [5, 5.41) is 3.74. The van der Waals surface area contributed by atoms with E-state index in [-0.39, 0.29) is 0 Å². The van der Waals surface area contributed by atoms with Crippen molar-refractivity contribution < 1.29 is 4.74 Å². The molecule has 0 saturated heterocycles. The average Bonchev–Trinajstić information content (AvgIpc) is 3.27. The molecule has 0 amide bonds. The van der Waals surface area contributed by atoms with Crippen LogP contribution in [0.2, 0.25) is 0 Å². The lowest BCUT2D eigenvalue weighted by atomic mass is 9.88. The molecule has 0 aromatic heterocycles. The molecule has 104 valence electrons. The zero-order chi connectivity index (χ0) is 13.1. The fourth-order valence-corrected chi connectivity index (χ4v) is 3.14. The van der Waals surface area contributed by atoms with Gasteiger partial charge in [-0.1, -0.05) is 18.9 Å². The van der Waals surface area contributed by atoms with E-state index >= 15 is 0 Å². The SMILES string of the molecule is COc1ccc2c(c1)CC(NCCCC1CC1)CC2. The van der Waals surface area contributed by atoms with E-state index in [4.69, 9.17) is 4.74 Å². The molecule has 2 aliphatic rings. The molecule has 3 rings (SSSR count). The molecule has 0 radical (unpaired) electrons. The van der Waals surface area contributed by atoms with Crippen LogP contribution < -0.4 is 10.1 Å². The van der Waals surface area contributed by atoms with Gasteiger partial charge in [0.25, 0.3) is 0 Å². The van der Waals surface area contributed by atoms with Gasteiger partial charge in [-0.25, -0.2) is 0 Å². The summed E-state index contributed by atoms with van der Waals surface area (Å²) in [6.45, 7) is 1.19. The molecule has 0 spiro atoms. The Balaban J connectivity index is 1.49. The predicted molar refractivity (Wildman–Crippen MR) is 78.8 cm³/mol. The zero-order valence-electron chi connectivity index (χ0n) is 12.0. The van der Waals surface area contributed by atoms with E-state index in [0.717, 1.165) is 18.1 Å². The summed E-state index contributed by atoms with van der Waals surface area (Å²) < 4.78 is 5.33. The maximum atomic E-state index is 5.33. The molecular weight excluding hydrogens is 234 g/mol. The molecule has 1 aromatic carbocycles. The number of fused-ring (bicyclic) bond motifs is 1. The van der Waals surface area contributed by atoms with Gasteiger partial charge >= 0.3 is 0 Å². The minimum Gasteiger partial charge on any atom is -0.497 e. The Kier molecular flexibility index (Phi) is 4.07. The molecule has 1 atom stereocenters. The second-order valence-corrected chi connectivity index (χ2v) is 6.11. The number of nitrogens with one attached hydrogen (secondary N) is 1. The number of hydrogen-bond donors (Lipinski definition) is 1. The van der Waals surface area contributed by atoms with Crippen molar-refractivity contribution >= 4 is 0 Å². The van der Waals surface area contributed by atoms with Gasteiger partial charge in [0.05, 0.1) is 7.11 Å². The zero-order valence-corrected chi connectivity index (χ0v) is 12.0. The molecule has 2 aliphatic carbocycles. The van der Waals surface area contributed by atoms with E-state index in [2.05, 4.69) is 23.5 Å². The molecule has 1 unspecified atom stereocenters. The van der Waals surface area contributed by atoms with E-state index in [1.807, 2.05) is 0 Å². The van der Waals surface area contributed by atoms with Crippen LogP contribution in [0.3, 0.4) is 0 Å². The maximum Gasteiger partial charge on any atom is 0.119 e. The third-order valence-corrected chi connectivity index (χ3v) is 4.56. The molecule has 0 aliphatic heterocycles. The standard InChI is InChI=1S/C17H25NO/c1-19-17-9-7-14-6-8-16(11-15(14)12-17)18-10-2-3-13-4-5-13/h7,9,12-13,16,18H,2-6,8,10-11H2,1H3. The van der Waals surface area contributed by atoms with Gasteiger partial charge in [0.1, 0.15) is 5.75 Å². The Hall–Kier alpha value is -1.02. The van der Waals surface area contributed by atoms with E-state index < -0.39 is 0 Å². The summed E-state index contributed by atoms with van der Waals surface area (Å²) >= 11 is 0. The molecule has 1 fully saturated rings. The van der Waals surface area contributed by atoms with Gasteiger partial charge in [0, 0.05) is 6.04 Å². The smallest absolute Gasteiger partial charge is 0.119 e. The Labute approximate surface area is 116 Å². The number of hydrogen-bond acceptors (Lipinski definition) is 2. The first-order valence-corrected chi connectivity index (χ1v) is 7.74. The first-order chi connectivity index (χ1) is 9.35. The second-order valence-electron chi connectivity index (χ2n) is 6.11. The highest BCUT2D eigenvalue weighted by atomic mass is 16.5. The van der Waals surface area contributed by atoms with Crippen LogP contribution in [-0.2, 0) is 12.8 Å². The highest BCUT2D eigenvalue weighted by Gasteiger charge is 2.21. The van der Waals surface area contributed by atoms with E-state index in [1.54, 1.807) is 7.11 Å². The van der Waals surface area contributed by atoms with Crippen LogP contribution in [-0.4, -0.2) is 19.7 Å². The highest BCUT2D eigenvalue weighted by molar-refractivity contribution is 5.37. The van der Waals surface area contributed by atoms with Gasteiger partial charge in [-0.2, -0.15) is 0 Å². The number of ether oxygens (including phenoxy) is 1. The quantitative estimate of drug-likeness (QED) is 0.791. The molecule has 0 bridgehead atoms. The Morgan fingerprint density at radius 3 is 2.89 bits per heavy atom. The molecular formula is C17H25NO. The molecule has 2 heteroatoms. The lowest BCUT2D eigenvalue weighted by molar-refractivity contribution is 0.410. The van der Waals surface area contributed by atoms with E-state index in [9.17, 15) is 0 Å². The molecule has 19 heavy (non-hydrogen) atoms. The fraction of sp³-hybridized carbons (Fsp3) is 0.647. The van der Waals surface area contributed by atoms with E-state index in [0.29, 0.717) is 6.04 Å². The van der Waals surface area contributed by atoms with Crippen LogP contribution in [0, 0.1) is 5.92 Å². The minimum atomic E-state index is 0.666. The van der Waals surface area contributed by atoms with Crippen molar-refractivity contribution in [2.24, 2.45) is 5.92 Å². The summed E-state index contributed by atoms with van der Waals surface area (Å²) in [5.74, 6) is 2.06. The lowest BCUT2D eigenvalue weighted by Crippen LogP contribution is -2.35. The molecule has 2 nitrogen and oxygen atoms in total. The topological polar surface area (TPSA) is 21.3 Å². The van der Waals surface area contributed by atoms with Gasteiger partial charge < -0.3 is 10.1 Å². The minimum absolute atomic E-state index is 0.666. The first-order valence-electron chi connectivity index (χ1n) is 7.74. The Morgan fingerprint density at radius 2 is 2.11 bits per heavy atom. The van der Waals surface area contributed by atoms with Crippen LogP contribution >= 0.6 is 0 Å². The van der Waals surface area contributed by atoms with Crippen molar-refractivity contribution in [3.63, 3.8) is 0 Å². The first kappa shape index (κ1) is 13.0. The summed E-state index contributed by atoms with van der Waals surface area (Å²) in [6.07, 6.45) is 9.40. The molecule has 1 saturated carbocycles. The van der Waals surface area contributed by atoms with Crippen LogP contribution in [0.1, 0.15) is 43.2 Å². The van der Waals surface area contributed by atoms with Crippen LogP contribution in [0.5, 0.6) is 5.75 Å². The van der Waals surface area contributed by atoms with Gasteiger partial charge in [-0.15, -0.1) is 0 Å². The number of aryl methyl sites for hydroxylation is 1. The molecule has 1 aromatic rings. The molecule has 1 N–H and O–H groups in total. The molecule has 0 heterocycles. The third kappa shape index (κ3) is 3.50. The van der Waals surface area contributed by atoms with Crippen molar-refractivity contribution in [2.75, 3.05) is 13.7 Å². The van der Waals surface area contributed by atoms with Crippen LogP contribution in [0.25, 0.3) is 0 Å². The van der Waals surface area contributed by atoms with Gasteiger partial charge in [-0.3, -0.25) is 0 Å². The fourth-order valence-electron chi connectivity index (χ4n) is 3.14. The summed E-state index contributed by atoms with van der Waals surface area (Å²) in [5.41, 5.74) is 2.99. The third-order valence-electron chi connectivity index (χ3n) is 4.56. The summed E-state index contributed by atoms with van der Waals surface area (Å²) in [7, 11) is 1.75. The number of methoxy groups -OCH3 is 1. The van der Waals surface area contributed by atoms with Gasteiger partial charge in [0.2, 0.25) is 0 Å². The van der Waals surface area contributed by atoms with Crippen LogP contribution in [0.4, 0.5) is 0 Å². The maximum absolute atomic E-state index is 5.33. The van der Waals surface area contributed by atoms with Crippen molar-refractivity contribution in [1.29, 1.82) is 0 Å². The Bertz CT molecular complexity index is 425. The average molecular weight is 259 g/mol.